The molecule has 0 saturated carbocycles. The molecule has 0 saturated heterocycles. The van der Waals surface area contributed by atoms with Gasteiger partial charge in [0.1, 0.15) is 0 Å². The van der Waals surface area contributed by atoms with Crippen molar-refractivity contribution in [1.29, 1.82) is 0 Å². The summed E-state index contributed by atoms with van der Waals surface area (Å²) < 4.78 is 0. The molecule has 0 spiro atoms. The van der Waals surface area contributed by atoms with Crippen LogP contribution in [0.15, 0.2) is 24.3 Å². The first-order valence-corrected chi connectivity index (χ1v) is 8.07. The summed E-state index contributed by atoms with van der Waals surface area (Å²) in [5.74, 6) is 1.54. The van der Waals surface area contributed by atoms with Crippen molar-refractivity contribution in [2.24, 2.45) is 5.92 Å². The third-order valence-corrected chi connectivity index (χ3v) is 4.72. The average molecular weight is 259 g/mol. The lowest BCUT2D eigenvalue weighted by atomic mass is 9.76. The van der Waals surface area contributed by atoms with Gasteiger partial charge in [0.15, 0.2) is 0 Å². The summed E-state index contributed by atoms with van der Waals surface area (Å²) in [6.07, 6.45) is 6.57. The van der Waals surface area contributed by atoms with Crippen LogP contribution in [-0.2, 0) is 6.42 Å². The fourth-order valence-electron chi connectivity index (χ4n) is 3.46. The van der Waals surface area contributed by atoms with Gasteiger partial charge in [-0.1, -0.05) is 51.5 Å². The lowest BCUT2D eigenvalue weighted by Crippen LogP contribution is -2.37. The molecule has 0 bridgehead atoms. The molecule has 0 aromatic heterocycles. The second-order valence-corrected chi connectivity index (χ2v) is 6.11. The van der Waals surface area contributed by atoms with E-state index in [0.29, 0.717) is 6.04 Å². The maximum atomic E-state index is 3.76. The van der Waals surface area contributed by atoms with Gasteiger partial charge in [-0.25, -0.2) is 0 Å². The summed E-state index contributed by atoms with van der Waals surface area (Å²) in [6.45, 7) is 8.01. The molecule has 106 valence electrons. The SMILES string of the molecule is CCNC(CC(C)CC)C1CCCc2ccccc21. The zero-order chi connectivity index (χ0) is 13.7. The quantitative estimate of drug-likeness (QED) is 0.792. The third-order valence-electron chi connectivity index (χ3n) is 4.72. The molecule has 0 heterocycles. The zero-order valence-electron chi connectivity index (χ0n) is 12.8. The molecule has 1 aromatic carbocycles. The normalized spacial score (nSPS) is 21.7. The van der Waals surface area contributed by atoms with Gasteiger partial charge in [-0.3, -0.25) is 0 Å². The molecule has 1 aromatic rings. The maximum Gasteiger partial charge on any atom is 0.0138 e. The second kappa shape index (κ2) is 7.09. The minimum atomic E-state index is 0.654. The topological polar surface area (TPSA) is 12.0 Å². The van der Waals surface area contributed by atoms with E-state index in [2.05, 4.69) is 50.4 Å². The molecule has 1 aliphatic carbocycles. The number of nitrogens with one attached hydrogen (secondary N) is 1. The van der Waals surface area contributed by atoms with Gasteiger partial charge < -0.3 is 5.32 Å². The van der Waals surface area contributed by atoms with E-state index in [1.165, 1.54) is 32.1 Å². The van der Waals surface area contributed by atoms with E-state index in [9.17, 15) is 0 Å². The summed E-state index contributed by atoms with van der Waals surface area (Å²) in [7, 11) is 0. The van der Waals surface area contributed by atoms with Crippen molar-refractivity contribution in [3.8, 4) is 0 Å². The first-order valence-electron chi connectivity index (χ1n) is 8.07. The Morgan fingerprint density at radius 1 is 1.26 bits per heavy atom. The Hall–Kier alpha value is -0.820. The third kappa shape index (κ3) is 3.60. The summed E-state index contributed by atoms with van der Waals surface area (Å²) in [4.78, 5) is 0. The average Bonchev–Trinajstić information content (AvgIpc) is 2.46. The smallest absolute Gasteiger partial charge is 0.0138 e. The molecular formula is C18H29N. The molecule has 2 rings (SSSR count). The molecule has 0 radical (unpaired) electrons. The highest BCUT2D eigenvalue weighted by Crippen LogP contribution is 2.36. The van der Waals surface area contributed by atoms with E-state index >= 15 is 0 Å². The fourth-order valence-corrected chi connectivity index (χ4v) is 3.46. The number of aryl methyl sites for hydroxylation is 1. The Balaban J connectivity index is 2.18. The van der Waals surface area contributed by atoms with Gasteiger partial charge in [0.2, 0.25) is 0 Å². The second-order valence-electron chi connectivity index (χ2n) is 6.11. The molecule has 1 nitrogen and oxygen atoms in total. The van der Waals surface area contributed by atoms with Crippen molar-refractivity contribution in [1.82, 2.24) is 5.32 Å². The van der Waals surface area contributed by atoms with Gasteiger partial charge in [-0.05, 0) is 55.2 Å². The van der Waals surface area contributed by atoms with Gasteiger partial charge in [0.05, 0.1) is 0 Å². The van der Waals surface area contributed by atoms with Crippen LogP contribution in [0.2, 0.25) is 0 Å². The molecule has 3 atom stereocenters. The summed E-state index contributed by atoms with van der Waals surface area (Å²) >= 11 is 0. The van der Waals surface area contributed by atoms with Crippen LogP contribution in [0.5, 0.6) is 0 Å². The molecular weight excluding hydrogens is 230 g/mol. The van der Waals surface area contributed by atoms with Gasteiger partial charge >= 0.3 is 0 Å². The summed E-state index contributed by atoms with van der Waals surface area (Å²) in [5, 5.41) is 3.76. The highest BCUT2D eigenvalue weighted by atomic mass is 14.9. The van der Waals surface area contributed by atoms with Crippen LogP contribution in [0, 0.1) is 5.92 Å². The van der Waals surface area contributed by atoms with E-state index in [-0.39, 0.29) is 0 Å². The standard InChI is InChI=1S/C18H29N/c1-4-14(3)13-18(19-5-2)17-12-8-10-15-9-6-7-11-16(15)17/h6-7,9,11,14,17-19H,4-5,8,10,12-13H2,1-3H3. The minimum absolute atomic E-state index is 0.654. The van der Waals surface area contributed by atoms with Crippen LogP contribution in [0.4, 0.5) is 0 Å². The predicted molar refractivity (Wildman–Crippen MR) is 83.7 cm³/mol. The van der Waals surface area contributed by atoms with E-state index in [1.807, 2.05) is 0 Å². The first-order chi connectivity index (χ1) is 9.26. The summed E-state index contributed by atoms with van der Waals surface area (Å²) in [6, 6.07) is 9.75. The lowest BCUT2D eigenvalue weighted by molar-refractivity contribution is 0.330. The predicted octanol–water partition coefficient (Wildman–Crippen LogP) is 4.52. The van der Waals surface area contributed by atoms with Crippen LogP contribution in [0.25, 0.3) is 0 Å². The van der Waals surface area contributed by atoms with Crippen molar-refractivity contribution < 1.29 is 0 Å². The van der Waals surface area contributed by atoms with Crippen molar-refractivity contribution in [2.45, 2.75) is 64.8 Å². The molecule has 0 fully saturated rings. The number of fused-ring (bicyclic) bond motifs is 1. The van der Waals surface area contributed by atoms with Crippen LogP contribution in [-0.4, -0.2) is 12.6 Å². The first kappa shape index (κ1) is 14.6. The largest absolute Gasteiger partial charge is 0.314 e. The Bertz CT molecular complexity index is 385. The monoisotopic (exact) mass is 259 g/mol. The highest BCUT2D eigenvalue weighted by Gasteiger charge is 2.27. The molecule has 1 heteroatoms. The van der Waals surface area contributed by atoms with Crippen LogP contribution in [0.3, 0.4) is 0 Å². The number of likely N-dealkylation sites (N-methyl/N-ethyl adjacent to an activating group) is 1. The van der Waals surface area contributed by atoms with E-state index < -0.39 is 0 Å². The highest BCUT2D eigenvalue weighted by molar-refractivity contribution is 5.33. The molecule has 0 amide bonds. The van der Waals surface area contributed by atoms with Crippen molar-refractivity contribution in [3.05, 3.63) is 35.4 Å². The fraction of sp³-hybridized carbons (Fsp3) is 0.667. The Morgan fingerprint density at radius 3 is 2.79 bits per heavy atom. The van der Waals surface area contributed by atoms with Crippen LogP contribution < -0.4 is 5.32 Å². The number of benzene rings is 1. The minimum Gasteiger partial charge on any atom is -0.314 e. The molecule has 19 heavy (non-hydrogen) atoms. The van der Waals surface area contributed by atoms with Gasteiger partial charge in [-0.2, -0.15) is 0 Å². The molecule has 3 unspecified atom stereocenters. The van der Waals surface area contributed by atoms with Crippen molar-refractivity contribution in [2.75, 3.05) is 6.54 Å². The molecule has 1 aliphatic rings. The van der Waals surface area contributed by atoms with Crippen LogP contribution in [0.1, 0.15) is 63.5 Å². The Labute approximate surface area is 118 Å². The maximum absolute atomic E-state index is 3.76. The van der Waals surface area contributed by atoms with E-state index in [1.54, 1.807) is 11.1 Å². The number of hydrogen-bond acceptors (Lipinski definition) is 1. The van der Waals surface area contributed by atoms with E-state index in [4.69, 9.17) is 0 Å². The molecule has 0 aliphatic heterocycles. The zero-order valence-corrected chi connectivity index (χ0v) is 12.8. The van der Waals surface area contributed by atoms with Gasteiger partial charge in [0, 0.05) is 6.04 Å². The number of rotatable bonds is 6. The molecule has 1 N–H and O–H groups in total. The Kier molecular flexibility index (Phi) is 5.45. The summed E-state index contributed by atoms with van der Waals surface area (Å²) in [5.41, 5.74) is 3.20. The lowest BCUT2D eigenvalue weighted by Gasteiger charge is -2.34. The number of hydrogen-bond donors (Lipinski definition) is 1. The van der Waals surface area contributed by atoms with Crippen LogP contribution >= 0.6 is 0 Å². The Morgan fingerprint density at radius 2 is 2.05 bits per heavy atom. The van der Waals surface area contributed by atoms with Crippen molar-refractivity contribution in [3.63, 3.8) is 0 Å². The van der Waals surface area contributed by atoms with Crippen molar-refractivity contribution >= 4 is 0 Å². The van der Waals surface area contributed by atoms with E-state index in [0.717, 1.165) is 18.4 Å². The van der Waals surface area contributed by atoms with Gasteiger partial charge in [-0.15, -0.1) is 0 Å². The van der Waals surface area contributed by atoms with Gasteiger partial charge in [0.25, 0.3) is 0 Å².